The molecule has 0 unspecified atom stereocenters. The van der Waals surface area contributed by atoms with Crippen molar-refractivity contribution in [2.75, 3.05) is 17.8 Å². The maximum absolute atomic E-state index is 13.3. The number of ketones is 1. The number of pyridine rings is 1. The van der Waals surface area contributed by atoms with Crippen LogP contribution in [0.25, 0.3) is 11.8 Å². The number of hydrogen-bond donors (Lipinski definition) is 1. The number of amidine groups is 1. The molecule has 2 aromatic heterocycles. The number of anilines is 1. The molecule has 184 valence electrons. The zero-order valence-electron chi connectivity index (χ0n) is 19.5. The van der Waals surface area contributed by atoms with Crippen LogP contribution in [0.5, 0.6) is 5.75 Å². The topological polar surface area (TPSA) is 122 Å². The maximum atomic E-state index is 13.3. The normalized spacial score (nSPS) is 14.2. The Labute approximate surface area is 214 Å². The van der Waals surface area contributed by atoms with Crippen LogP contribution >= 0.6 is 11.8 Å². The molecule has 3 heterocycles. The lowest BCUT2D eigenvalue weighted by atomic mass is 10.2. The van der Waals surface area contributed by atoms with Crippen LogP contribution in [0.15, 0.2) is 99.1 Å². The molecule has 4 aromatic rings. The van der Waals surface area contributed by atoms with E-state index in [0.29, 0.717) is 22.3 Å². The summed E-state index contributed by atoms with van der Waals surface area (Å²) in [6.45, 7) is 0. The lowest BCUT2D eigenvalue weighted by Gasteiger charge is -2.17. The minimum absolute atomic E-state index is 0.158. The molecular weight excluding hydrogens is 494 g/mol. The number of aliphatic imine (C=N–C) groups is 1. The van der Waals surface area contributed by atoms with Crippen molar-refractivity contribution in [3.8, 4) is 11.4 Å². The fourth-order valence-corrected chi connectivity index (χ4v) is 4.52. The first-order chi connectivity index (χ1) is 18.0. The molecular formula is C26H20N5O5S+. The van der Waals surface area contributed by atoms with E-state index >= 15 is 0 Å². The summed E-state index contributed by atoms with van der Waals surface area (Å²) in [5.74, 6) is -0.365. The van der Waals surface area contributed by atoms with Gasteiger partial charge in [0.05, 0.1) is 18.6 Å². The van der Waals surface area contributed by atoms with Gasteiger partial charge in [-0.15, -0.1) is 0 Å². The van der Waals surface area contributed by atoms with E-state index in [0.717, 1.165) is 17.3 Å². The number of amides is 1. The lowest BCUT2D eigenvalue weighted by molar-refractivity contribution is -0.672. The highest BCUT2D eigenvalue weighted by atomic mass is 32.2. The van der Waals surface area contributed by atoms with E-state index in [4.69, 9.17) is 9.26 Å². The van der Waals surface area contributed by atoms with Gasteiger partial charge in [-0.3, -0.25) is 24.0 Å². The molecule has 37 heavy (non-hydrogen) atoms. The maximum Gasteiger partial charge on any atom is 0.438 e. The second-order valence-corrected chi connectivity index (χ2v) is 8.70. The minimum Gasteiger partial charge on any atom is -0.497 e. The Bertz CT molecular complexity index is 1560. The van der Waals surface area contributed by atoms with Gasteiger partial charge in [0.1, 0.15) is 11.4 Å². The summed E-state index contributed by atoms with van der Waals surface area (Å²) in [4.78, 5) is 48.8. The molecule has 0 radical (unpaired) electrons. The highest BCUT2D eigenvalue weighted by molar-refractivity contribution is 8.14. The zero-order chi connectivity index (χ0) is 25.8. The van der Waals surface area contributed by atoms with Gasteiger partial charge >= 0.3 is 11.3 Å². The zero-order valence-corrected chi connectivity index (χ0v) is 20.3. The largest absolute Gasteiger partial charge is 0.497 e. The molecule has 0 aliphatic carbocycles. The summed E-state index contributed by atoms with van der Waals surface area (Å²) in [5.41, 5.74) is 1.07. The number of para-hydroxylation sites is 1. The van der Waals surface area contributed by atoms with Gasteiger partial charge in [-0.05, 0) is 51.9 Å². The molecule has 1 amide bonds. The third kappa shape index (κ3) is 4.98. The van der Waals surface area contributed by atoms with Crippen LogP contribution < -0.4 is 19.9 Å². The molecule has 11 heteroatoms. The van der Waals surface area contributed by atoms with E-state index in [1.807, 2.05) is 24.3 Å². The Morgan fingerprint density at radius 1 is 1.11 bits per heavy atom. The summed E-state index contributed by atoms with van der Waals surface area (Å²) < 4.78 is 11.3. The number of hydrogen-bond acceptors (Lipinski definition) is 8. The molecule has 0 saturated carbocycles. The Balaban J connectivity index is 1.43. The summed E-state index contributed by atoms with van der Waals surface area (Å²) in [5, 5.41) is 2.78. The number of Topliss-reactive ketones (excluding diaryl/α,β-unsaturated/α-hetero) is 1. The molecule has 1 N–H and O–H groups in total. The molecule has 5 rings (SSSR count). The van der Waals surface area contributed by atoms with Crippen LogP contribution in [0.2, 0.25) is 0 Å². The first kappa shape index (κ1) is 23.9. The molecule has 1 aliphatic rings. The number of methoxy groups -OCH3 is 1. The van der Waals surface area contributed by atoms with Crippen LogP contribution in [0.4, 0.5) is 5.69 Å². The molecule has 1 aliphatic heterocycles. The smallest absolute Gasteiger partial charge is 0.438 e. The quantitative estimate of drug-likeness (QED) is 0.229. The van der Waals surface area contributed by atoms with Crippen molar-refractivity contribution < 1.29 is 23.5 Å². The van der Waals surface area contributed by atoms with E-state index < -0.39 is 11.4 Å². The van der Waals surface area contributed by atoms with Gasteiger partial charge in [-0.2, -0.15) is 0 Å². The SMILES string of the molecule is COc1ccc(-[n+]2[nH]oc(=O)c2C(=O)CSC2=N/C(=C/c3cccnc3)C(=O)N2c2ccccc2)cc1. The van der Waals surface area contributed by atoms with Crippen molar-refractivity contribution in [1.82, 2.24) is 10.3 Å². The number of thioether (sulfide) groups is 1. The highest BCUT2D eigenvalue weighted by Gasteiger charge is 2.35. The van der Waals surface area contributed by atoms with E-state index in [-0.39, 0.29) is 23.1 Å². The Hall–Kier alpha value is -4.77. The van der Waals surface area contributed by atoms with Gasteiger partial charge in [-0.25, -0.2) is 9.79 Å². The first-order valence-electron chi connectivity index (χ1n) is 11.1. The first-order valence-corrected chi connectivity index (χ1v) is 12.1. The molecule has 0 saturated heterocycles. The third-order valence-corrected chi connectivity index (χ3v) is 6.34. The van der Waals surface area contributed by atoms with Crippen LogP contribution in [0, 0.1) is 0 Å². The summed E-state index contributed by atoms with van der Waals surface area (Å²) in [6.07, 6.45) is 4.90. The third-order valence-electron chi connectivity index (χ3n) is 5.41. The number of H-pyrrole nitrogens is 1. The highest BCUT2D eigenvalue weighted by Crippen LogP contribution is 2.29. The molecule has 0 bridgehead atoms. The fourth-order valence-electron chi connectivity index (χ4n) is 3.64. The van der Waals surface area contributed by atoms with Gasteiger partial charge in [0.25, 0.3) is 5.91 Å². The van der Waals surface area contributed by atoms with Crippen molar-refractivity contribution in [3.63, 3.8) is 0 Å². The summed E-state index contributed by atoms with van der Waals surface area (Å²) >= 11 is 1.05. The number of nitrogens with one attached hydrogen (secondary N) is 1. The van der Waals surface area contributed by atoms with Gasteiger partial charge in [0.15, 0.2) is 5.17 Å². The van der Waals surface area contributed by atoms with Crippen molar-refractivity contribution in [2.24, 2.45) is 4.99 Å². The number of aromatic amines is 1. The van der Waals surface area contributed by atoms with E-state index in [2.05, 4.69) is 15.2 Å². The van der Waals surface area contributed by atoms with Gasteiger partial charge in [0, 0.05) is 24.5 Å². The molecule has 2 aromatic carbocycles. The van der Waals surface area contributed by atoms with Gasteiger partial charge < -0.3 is 4.74 Å². The summed E-state index contributed by atoms with van der Waals surface area (Å²) in [6, 6.07) is 19.3. The molecule has 10 nitrogen and oxygen atoms in total. The van der Waals surface area contributed by atoms with Crippen LogP contribution in [0.3, 0.4) is 0 Å². The minimum atomic E-state index is -0.803. The van der Waals surface area contributed by atoms with Crippen molar-refractivity contribution in [2.45, 2.75) is 0 Å². The van der Waals surface area contributed by atoms with Crippen LogP contribution in [-0.4, -0.2) is 40.0 Å². The van der Waals surface area contributed by atoms with Crippen LogP contribution in [-0.2, 0) is 4.79 Å². The number of rotatable bonds is 7. The predicted molar refractivity (Wildman–Crippen MR) is 138 cm³/mol. The number of aromatic nitrogens is 3. The van der Waals surface area contributed by atoms with E-state index in [1.54, 1.807) is 68.0 Å². The Kier molecular flexibility index (Phi) is 6.77. The molecule has 0 atom stereocenters. The lowest BCUT2D eigenvalue weighted by Crippen LogP contribution is -2.41. The fraction of sp³-hybridized carbons (Fsp3) is 0.0769. The van der Waals surface area contributed by atoms with Gasteiger partial charge in [0.2, 0.25) is 11.5 Å². The Morgan fingerprint density at radius 2 is 1.89 bits per heavy atom. The second-order valence-electron chi connectivity index (χ2n) is 7.76. The van der Waals surface area contributed by atoms with Crippen LogP contribution in [0.1, 0.15) is 16.1 Å². The average Bonchev–Trinajstić information content (AvgIpc) is 3.47. The van der Waals surface area contributed by atoms with Gasteiger partial charge in [-0.1, -0.05) is 36.0 Å². The van der Waals surface area contributed by atoms with Crippen molar-refractivity contribution in [1.29, 1.82) is 0 Å². The molecule has 0 fully saturated rings. The number of carbonyl (C=O) groups excluding carboxylic acids is 2. The van der Waals surface area contributed by atoms with Crippen molar-refractivity contribution in [3.05, 3.63) is 106 Å². The van der Waals surface area contributed by atoms with Crippen molar-refractivity contribution >= 4 is 40.4 Å². The Morgan fingerprint density at radius 3 is 2.59 bits per heavy atom. The predicted octanol–water partition coefficient (Wildman–Crippen LogP) is 3.01. The second kappa shape index (κ2) is 10.5. The molecule has 0 spiro atoms. The average molecular weight is 515 g/mol. The summed E-state index contributed by atoms with van der Waals surface area (Å²) in [7, 11) is 1.54. The van der Waals surface area contributed by atoms with E-state index in [1.165, 1.54) is 9.58 Å². The number of nitrogens with zero attached hydrogens (tertiary/aromatic N) is 4. The number of ether oxygens (including phenoxy) is 1. The van der Waals surface area contributed by atoms with E-state index in [9.17, 15) is 14.4 Å². The standard InChI is InChI=1S/C26H19N5O5S/c1-35-20-11-9-19(10-12-20)31-23(25(34)36-29-31)22(32)16-37-26-28-21(14-17-6-5-13-27-15-17)24(33)30(26)18-7-3-2-4-8-18/h2-15H,16H2,1H3/p+1/b21-14+. The number of benzene rings is 2. The monoisotopic (exact) mass is 514 g/mol. The number of carbonyl (C=O) groups is 2.